The Kier molecular flexibility index (Phi) is 6.01. The lowest BCUT2D eigenvalue weighted by atomic mass is 9.48. The number of allylic oxidation sites excluding steroid dienone is 2. The molecule has 0 aromatic heterocycles. The molecule has 4 aliphatic carbocycles. The van der Waals surface area contributed by atoms with E-state index in [2.05, 4.69) is 40.7 Å². The van der Waals surface area contributed by atoms with Gasteiger partial charge in [0, 0.05) is 0 Å². The van der Waals surface area contributed by atoms with Crippen LogP contribution in [0.5, 0.6) is 0 Å². The summed E-state index contributed by atoms with van der Waals surface area (Å²) in [4.78, 5) is 0. The molecule has 0 aromatic rings. The zero-order valence-corrected chi connectivity index (χ0v) is 18.9. The van der Waals surface area contributed by atoms with Gasteiger partial charge in [-0.3, -0.25) is 0 Å². The molecule has 150 valence electrons. The zero-order valence-electron chi connectivity index (χ0n) is 18.9. The van der Waals surface area contributed by atoms with Crippen LogP contribution in [0.25, 0.3) is 0 Å². The second kappa shape index (κ2) is 7.63. The molecule has 0 heteroatoms. The van der Waals surface area contributed by atoms with Crippen molar-refractivity contribution in [3.05, 3.63) is 11.6 Å². The Morgan fingerprint density at radius 1 is 1.08 bits per heavy atom. The van der Waals surface area contributed by atoms with E-state index >= 15 is 0 Å². The van der Waals surface area contributed by atoms with Gasteiger partial charge in [0.05, 0.1) is 0 Å². The molecule has 6 unspecified atom stereocenters. The fourth-order valence-corrected chi connectivity index (χ4v) is 8.00. The van der Waals surface area contributed by atoms with Gasteiger partial charge >= 0.3 is 0 Å². The molecule has 0 N–H and O–H groups in total. The Bertz CT molecular complexity index is 516. The van der Waals surface area contributed by atoms with Crippen molar-refractivity contribution in [2.24, 2.45) is 46.3 Å². The molecular formula is C26H46. The lowest BCUT2D eigenvalue weighted by Gasteiger charge is -2.57. The summed E-state index contributed by atoms with van der Waals surface area (Å²) in [7, 11) is 0. The van der Waals surface area contributed by atoms with Gasteiger partial charge in [-0.05, 0) is 97.7 Å². The summed E-state index contributed by atoms with van der Waals surface area (Å²) in [6, 6.07) is 0. The van der Waals surface area contributed by atoms with Gasteiger partial charge in [0.25, 0.3) is 0 Å². The van der Waals surface area contributed by atoms with Gasteiger partial charge in [-0.1, -0.05) is 66.5 Å². The lowest BCUT2D eigenvalue weighted by Crippen LogP contribution is -2.48. The maximum absolute atomic E-state index is 2.80. The normalized spacial score (nSPS) is 48.3. The van der Waals surface area contributed by atoms with Crippen LogP contribution in [0.1, 0.15) is 106 Å². The van der Waals surface area contributed by atoms with Gasteiger partial charge in [-0.25, -0.2) is 0 Å². The number of fused-ring (bicyclic) bond motifs is 5. The van der Waals surface area contributed by atoms with Crippen molar-refractivity contribution in [1.29, 1.82) is 0 Å². The summed E-state index contributed by atoms with van der Waals surface area (Å²) in [5.74, 6) is 5.77. The molecule has 3 fully saturated rings. The standard InChI is InChI=1S/C24H40.C2H6/c1-6-17(3)20-9-10-21-19-8-7-18-15-16(2)11-13-23(18,4)22(19)12-14-24(20,21)5;1-2/h12,16-21H,6-11,13-15H2,1-5H3;1-2H3/t16-,17-,18?,19?,20?,21?,23?,24?;/m1./s1. The van der Waals surface area contributed by atoms with Crippen LogP contribution in [0.4, 0.5) is 0 Å². The Morgan fingerprint density at radius 3 is 2.50 bits per heavy atom. The summed E-state index contributed by atoms with van der Waals surface area (Å²) in [5, 5.41) is 0. The molecule has 0 heterocycles. The molecule has 8 atom stereocenters. The second-order valence-corrected chi connectivity index (χ2v) is 10.7. The van der Waals surface area contributed by atoms with E-state index in [1.807, 2.05) is 19.4 Å². The minimum atomic E-state index is 0.561. The molecule has 0 nitrogen and oxygen atoms in total. The summed E-state index contributed by atoms with van der Waals surface area (Å²) < 4.78 is 0. The number of rotatable bonds is 2. The Morgan fingerprint density at radius 2 is 1.81 bits per heavy atom. The summed E-state index contributed by atoms with van der Waals surface area (Å²) >= 11 is 0. The fourth-order valence-electron chi connectivity index (χ4n) is 8.00. The van der Waals surface area contributed by atoms with Crippen molar-refractivity contribution in [1.82, 2.24) is 0 Å². The first kappa shape index (κ1) is 20.5. The second-order valence-electron chi connectivity index (χ2n) is 10.7. The zero-order chi connectivity index (χ0) is 19.1. The lowest BCUT2D eigenvalue weighted by molar-refractivity contribution is 0.0110. The Hall–Kier alpha value is -0.260. The van der Waals surface area contributed by atoms with E-state index in [0.717, 1.165) is 35.5 Å². The van der Waals surface area contributed by atoms with Gasteiger partial charge in [0.1, 0.15) is 0 Å². The van der Waals surface area contributed by atoms with E-state index < -0.39 is 0 Å². The first-order chi connectivity index (χ1) is 12.4. The van der Waals surface area contributed by atoms with Crippen molar-refractivity contribution >= 4 is 0 Å². The van der Waals surface area contributed by atoms with Gasteiger partial charge in [0.2, 0.25) is 0 Å². The maximum atomic E-state index is 2.80. The van der Waals surface area contributed by atoms with Crippen LogP contribution in [-0.4, -0.2) is 0 Å². The van der Waals surface area contributed by atoms with Crippen molar-refractivity contribution in [2.45, 2.75) is 106 Å². The molecule has 3 saturated carbocycles. The van der Waals surface area contributed by atoms with Crippen LogP contribution < -0.4 is 0 Å². The van der Waals surface area contributed by atoms with Crippen LogP contribution in [-0.2, 0) is 0 Å². The predicted octanol–water partition coefficient (Wildman–Crippen LogP) is 8.27. The predicted molar refractivity (Wildman–Crippen MR) is 115 cm³/mol. The maximum Gasteiger partial charge on any atom is -0.00851 e. The van der Waals surface area contributed by atoms with Crippen molar-refractivity contribution in [2.75, 3.05) is 0 Å². The van der Waals surface area contributed by atoms with E-state index in [0.29, 0.717) is 10.8 Å². The average Bonchev–Trinajstić information content (AvgIpc) is 3.00. The molecule has 0 spiro atoms. The summed E-state index contributed by atoms with van der Waals surface area (Å²) in [5.41, 5.74) is 3.11. The van der Waals surface area contributed by atoms with Crippen LogP contribution in [0, 0.1) is 46.3 Å². The highest BCUT2D eigenvalue weighted by atomic mass is 14.6. The Balaban J connectivity index is 0.000000948. The van der Waals surface area contributed by atoms with Gasteiger partial charge in [-0.15, -0.1) is 0 Å². The quantitative estimate of drug-likeness (QED) is 0.436. The molecule has 0 bridgehead atoms. The highest BCUT2D eigenvalue weighted by Crippen LogP contribution is 2.66. The molecule has 4 aliphatic rings. The summed E-state index contributed by atoms with van der Waals surface area (Å²) in [6.07, 6.45) is 16.0. The SMILES string of the molecule is CC.CC[C@@H](C)C1CCC2C3CCC4C[C@H](C)CCC4(C)C3=CCC21C. The molecular weight excluding hydrogens is 312 g/mol. The van der Waals surface area contributed by atoms with Crippen molar-refractivity contribution < 1.29 is 0 Å². The minimum Gasteiger partial charge on any atom is -0.0839 e. The van der Waals surface area contributed by atoms with Crippen LogP contribution in [0.3, 0.4) is 0 Å². The average molecular weight is 359 g/mol. The topological polar surface area (TPSA) is 0 Å². The number of hydrogen-bond acceptors (Lipinski definition) is 0. The number of hydrogen-bond donors (Lipinski definition) is 0. The first-order valence-electron chi connectivity index (χ1n) is 12.1. The van der Waals surface area contributed by atoms with E-state index in [-0.39, 0.29) is 0 Å². The van der Waals surface area contributed by atoms with Crippen molar-refractivity contribution in [3.8, 4) is 0 Å². The molecule has 26 heavy (non-hydrogen) atoms. The fraction of sp³-hybridized carbons (Fsp3) is 0.923. The van der Waals surface area contributed by atoms with Gasteiger partial charge < -0.3 is 0 Å². The van der Waals surface area contributed by atoms with Crippen LogP contribution in [0.15, 0.2) is 11.6 Å². The Labute approximate surface area is 164 Å². The van der Waals surface area contributed by atoms with E-state index in [4.69, 9.17) is 0 Å². The monoisotopic (exact) mass is 358 g/mol. The molecule has 0 amide bonds. The highest BCUT2D eigenvalue weighted by Gasteiger charge is 2.57. The van der Waals surface area contributed by atoms with Crippen LogP contribution >= 0.6 is 0 Å². The van der Waals surface area contributed by atoms with E-state index in [1.165, 1.54) is 57.8 Å². The third-order valence-electron chi connectivity index (χ3n) is 9.69. The largest absolute Gasteiger partial charge is 0.0839 e. The molecule has 0 aromatic carbocycles. The molecule has 0 aliphatic heterocycles. The van der Waals surface area contributed by atoms with Crippen LogP contribution in [0.2, 0.25) is 0 Å². The molecule has 0 saturated heterocycles. The van der Waals surface area contributed by atoms with Gasteiger partial charge in [-0.2, -0.15) is 0 Å². The summed E-state index contributed by atoms with van der Waals surface area (Å²) in [6.45, 7) is 16.8. The minimum absolute atomic E-state index is 0.561. The van der Waals surface area contributed by atoms with Crippen molar-refractivity contribution in [3.63, 3.8) is 0 Å². The molecule has 4 rings (SSSR count). The highest BCUT2D eigenvalue weighted by molar-refractivity contribution is 5.28. The third-order valence-corrected chi connectivity index (χ3v) is 9.69. The third kappa shape index (κ3) is 3.02. The van der Waals surface area contributed by atoms with E-state index in [9.17, 15) is 0 Å². The first-order valence-corrected chi connectivity index (χ1v) is 12.1. The van der Waals surface area contributed by atoms with E-state index in [1.54, 1.807) is 0 Å². The smallest absolute Gasteiger partial charge is 0.00851 e. The molecule has 0 radical (unpaired) electrons. The van der Waals surface area contributed by atoms with Gasteiger partial charge in [0.15, 0.2) is 0 Å².